The Labute approximate surface area is 87.4 Å². The lowest BCUT2D eigenvalue weighted by molar-refractivity contribution is 0.613. The largest absolute Gasteiger partial charge is 0.316 e. The zero-order chi connectivity index (χ0) is 9.10. The molecule has 3 heteroatoms. The van der Waals surface area contributed by atoms with Gasteiger partial charge in [-0.3, -0.25) is 0 Å². The van der Waals surface area contributed by atoms with Gasteiger partial charge in [0.25, 0.3) is 0 Å². The molecule has 0 saturated carbocycles. The molecular formula is C10H12ClNS. The minimum absolute atomic E-state index is 0.885. The van der Waals surface area contributed by atoms with Gasteiger partial charge >= 0.3 is 0 Å². The lowest BCUT2D eigenvalue weighted by Gasteiger charge is -2.14. The van der Waals surface area contributed by atoms with E-state index in [4.69, 9.17) is 11.6 Å². The van der Waals surface area contributed by atoms with Crippen LogP contribution in [0.3, 0.4) is 0 Å². The normalized spacial score (nSPS) is 17.5. The molecule has 1 aliphatic rings. The molecular weight excluding hydrogens is 202 g/mol. The highest BCUT2D eigenvalue weighted by molar-refractivity contribution is 7.11. The molecule has 1 aromatic rings. The molecule has 2 rings (SSSR count). The number of halogens is 1. The molecule has 1 aliphatic heterocycles. The summed E-state index contributed by atoms with van der Waals surface area (Å²) >= 11 is 7.72. The second-order valence-electron chi connectivity index (χ2n) is 3.19. The summed E-state index contributed by atoms with van der Waals surface area (Å²) in [5.41, 5.74) is 1.52. The maximum atomic E-state index is 6.01. The van der Waals surface area contributed by atoms with Crippen molar-refractivity contribution >= 4 is 29.0 Å². The highest BCUT2D eigenvalue weighted by atomic mass is 35.5. The molecule has 1 saturated heterocycles. The van der Waals surface area contributed by atoms with Gasteiger partial charge in [0, 0.05) is 4.88 Å². The first-order valence-electron chi connectivity index (χ1n) is 4.49. The first-order chi connectivity index (χ1) is 6.36. The van der Waals surface area contributed by atoms with E-state index >= 15 is 0 Å². The summed E-state index contributed by atoms with van der Waals surface area (Å²) < 4.78 is 0. The molecule has 1 N–H and O–H groups in total. The second-order valence-corrected chi connectivity index (χ2v) is 4.54. The fourth-order valence-corrected chi connectivity index (χ4v) is 2.58. The molecule has 2 heterocycles. The first-order valence-corrected chi connectivity index (χ1v) is 5.75. The number of hydrogen-bond donors (Lipinski definition) is 1. The smallest absolute Gasteiger partial charge is 0.0586 e. The lowest BCUT2D eigenvalue weighted by atomic mass is 10.1. The standard InChI is InChI=1S/C10H12ClNS/c11-9-3-6-13-10(9)7-8-1-4-12-5-2-8/h3,6-7,12H,1-2,4-5H2. The summed E-state index contributed by atoms with van der Waals surface area (Å²) in [5.74, 6) is 0. The molecule has 13 heavy (non-hydrogen) atoms. The Hall–Kier alpha value is -0.310. The molecule has 0 bridgehead atoms. The number of nitrogens with one attached hydrogen (secondary N) is 1. The Bertz CT molecular complexity index is 308. The van der Waals surface area contributed by atoms with Crippen molar-refractivity contribution in [1.29, 1.82) is 0 Å². The zero-order valence-electron chi connectivity index (χ0n) is 7.35. The van der Waals surface area contributed by atoms with Crippen LogP contribution in [0.5, 0.6) is 0 Å². The van der Waals surface area contributed by atoms with Gasteiger partial charge in [0.05, 0.1) is 5.02 Å². The third-order valence-corrected chi connectivity index (χ3v) is 3.53. The minimum Gasteiger partial charge on any atom is -0.316 e. The van der Waals surface area contributed by atoms with Gasteiger partial charge in [-0.2, -0.15) is 0 Å². The Morgan fingerprint density at radius 1 is 1.38 bits per heavy atom. The number of thiophene rings is 1. The van der Waals surface area contributed by atoms with E-state index < -0.39 is 0 Å². The van der Waals surface area contributed by atoms with Crippen molar-refractivity contribution < 1.29 is 0 Å². The van der Waals surface area contributed by atoms with Crippen LogP contribution in [0.15, 0.2) is 17.0 Å². The zero-order valence-corrected chi connectivity index (χ0v) is 8.92. The molecule has 1 aromatic heterocycles. The van der Waals surface area contributed by atoms with Gasteiger partial charge < -0.3 is 5.32 Å². The van der Waals surface area contributed by atoms with E-state index in [0.29, 0.717) is 0 Å². The molecule has 0 aliphatic carbocycles. The lowest BCUT2D eigenvalue weighted by Crippen LogP contribution is -2.22. The van der Waals surface area contributed by atoms with E-state index in [-0.39, 0.29) is 0 Å². The van der Waals surface area contributed by atoms with Crippen molar-refractivity contribution in [3.8, 4) is 0 Å². The predicted molar refractivity (Wildman–Crippen MR) is 59.4 cm³/mol. The Balaban J connectivity index is 2.14. The predicted octanol–water partition coefficient (Wildman–Crippen LogP) is 3.17. The Morgan fingerprint density at radius 3 is 2.77 bits per heavy atom. The van der Waals surface area contributed by atoms with Crippen LogP contribution in [0, 0.1) is 0 Å². The van der Waals surface area contributed by atoms with E-state index in [2.05, 4.69) is 11.4 Å². The van der Waals surface area contributed by atoms with Crippen LogP contribution in [-0.4, -0.2) is 13.1 Å². The summed E-state index contributed by atoms with van der Waals surface area (Å²) in [4.78, 5) is 1.21. The van der Waals surface area contributed by atoms with E-state index in [0.717, 1.165) is 31.0 Å². The van der Waals surface area contributed by atoms with E-state index in [1.54, 1.807) is 11.3 Å². The molecule has 70 valence electrons. The van der Waals surface area contributed by atoms with Crippen molar-refractivity contribution in [3.63, 3.8) is 0 Å². The number of hydrogen-bond acceptors (Lipinski definition) is 2. The summed E-state index contributed by atoms with van der Waals surface area (Å²) in [6.07, 6.45) is 4.57. The van der Waals surface area contributed by atoms with Crippen LogP contribution < -0.4 is 5.32 Å². The fourth-order valence-electron chi connectivity index (χ4n) is 1.49. The molecule has 0 atom stereocenters. The third-order valence-electron chi connectivity index (χ3n) is 2.23. The van der Waals surface area contributed by atoms with Crippen molar-refractivity contribution in [3.05, 3.63) is 26.9 Å². The molecule has 1 nitrogen and oxygen atoms in total. The highest BCUT2D eigenvalue weighted by Crippen LogP contribution is 2.26. The maximum Gasteiger partial charge on any atom is 0.0586 e. The molecule has 0 spiro atoms. The second kappa shape index (κ2) is 4.27. The molecule has 0 unspecified atom stereocenters. The number of piperidine rings is 1. The van der Waals surface area contributed by atoms with Crippen molar-refractivity contribution in [1.82, 2.24) is 5.32 Å². The Morgan fingerprint density at radius 2 is 2.15 bits per heavy atom. The van der Waals surface area contributed by atoms with Crippen LogP contribution >= 0.6 is 22.9 Å². The van der Waals surface area contributed by atoms with Gasteiger partial charge in [0.1, 0.15) is 0 Å². The first kappa shape index (κ1) is 9.25. The van der Waals surface area contributed by atoms with Crippen LogP contribution in [-0.2, 0) is 0 Å². The van der Waals surface area contributed by atoms with Gasteiger partial charge in [0.2, 0.25) is 0 Å². The summed E-state index contributed by atoms with van der Waals surface area (Å²) in [6.45, 7) is 2.21. The van der Waals surface area contributed by atoms with Crippen LogP contribution in [0.4, 0.5) is 0 Å². The molecule has 0 aromatic carbocycles. The van der Waals surface area contributed by atoms with Crippen LogP contribution in [0.2, 0.25) is 5.02 Å². The third kappa shape index (κ3) is 2.33. The maximum absolute atomic E-state index is 6.01. The monoisotopic (exact) mass is 213 g/mol. The summed E-state index contributed by atoms with van der Waals surface area (Å²) in [6, 6.07) is 1.96. The molecule has 1 fully saturated rings. The molecule has 0 radical (unpaired) electrons. The Kier molecular flexibility index (Phi) is 3.04. The quantitative estimate of drug-likeness (QED) is 0.756. The average Bonchev–Trinajstić information content (AvgIpc) is 2.54. The SMILES string of the molecule is Clc1ccsc1C=C1CCNCC1. The van der Waals surface area contributed by atoms with Crippen LogP contribution in [0.25, 0.3) is 6.08 Å². The fraction of sp³-hybridized carbons (Fsp3) is 0.400. The average molecular weight is 214 g/mol. The van der Waals surface area contributed by atoms with Crippen LogP contribution in [0.1, 0.15) is 17.7 Å². The van der Waals surface area contributed by atoms with Crippen molar-refractivity contribution in [2.75, 3.05) is 13.1 Å². The highest BCUT2D eigenvalue weighted by Gasteiger charge is 2.05. The van der Waals surface area contributed by atoms with Crippen molar-refractivity contribution in [2.24, 2.45) is 0 Å². The van der Waals surface area contributed by atoms with Gasteiger partial charge in [-0.1, -0.05) is 17.2 Å². The number of rotatable bonds is 1. The summed E-state index contributed by atoms with van der Waals surface area (Å²) in [5, 5.41) is 6.26. The van der Waals surface area contributed by atoms with Gasteiger partial charge in [-0.25, -0.2) is 0 Å². The topological polar surface area (TPSA) is 12.0 Å². The van der Waals surface area contributed by atoms with Crippen molar-refractivity contribution in [2.45, 2.75) is 12.8 Å². The van der Waals surface area contributed by atoms with Gasteiger partial charge in [-0.05, 0) is 43.5 Å². The van der Waals surface area contributed by atoms with E-state index in [9.17, 15) is 0 Å². The van der Waals surface area contributed by atoms with E-state index in [1.165, 1.54) is 10.5 Å². The van der Waals surface area contributed by atoms with Gasteiger partial charge in [-0.15, -0.1) is 11.3 Å². The van der Waals surface area contributed by atoms with E-state index in [1.807, 2.05) is 11.4 Å². The molecule has 0 amide bonds. The summed E-state index contributed by atoms with van der Waals surface area (Å²) in [7, 11) is 0. The minimum atomic E-state index is 0.885. The van der Waals surface area contributed by atoms with Gasteiger partial charge in [0.15, 0.2) is 0 Å².